The lowest BCUT2D eigenvalue weighted by Crippen LogP contribution is -2.56. The minimum absolute atomic E-state index is 0.203. The van der Waals surface area contributed by atoms with Gasteiger partial charge in [-0.25, -0.2) is 0 Å². The van der Waals surface area contributed by atoms with E-state index in [9.17, 15) is 5.11 Å². The van der Waals surface area contributed by atoms with Crippen LogP contribution in [0.3, 0.4) is 0 Å². The van der Waals surface area contributed by atoms with E-state index in [1.54, 1.807) is 0 Å². The first kappa shape index (κ1) is 13.5. The summed E-state index contributed by atoms with van der Waals surface area (Å²) in [6.07, 6.45) is 8.58. The minimum Gasteiger partial charge on any atom is -0.390 e. The minimum atomic E-state index is -0.410. The summed E-state index contributed by atoms with van der Waals surface area (Å²) in [6, 6.07) is 0. The molecule has 0 spiro atoms. The van der Waals surface area contributed by atoms with E-state index >= 15 is 0 Å². The molecule has 4 saturated carbocycles. The van der Waals surface area contributed by atoms with Crippen molar-refractivity contribution in [2.24, 2.45) is 17.3 Å². The van der Waals surface area contributed by atoms with E-state index in [2.05, 4.69) is 10.1 Å². The maximum Gasteiger partial charge on any atom is 0.227 e. The Bertz CT molecular complexity index is 564. The quantitative estimate of drug-likeness (QED) is 0.929. The first-order chi connectivity index (χ1) is 10.6. The standard InChI is InChI=1S/C17H24N2O3/c20-17-6-11-3-12(7-17)5-16(4-11,10-17)8-14-18-15(19-22-14)13-1-2-21-9-13/h11-13,20H,1-10H2/t11-,12-,13-,16?,17?/m1/s1. The summed E-state index contributed by atoms with van der Waals surface area (Å²) in [5.74, 6) is 3.30. The Morgan fingerprint density at radius 3 is 2.68 bits per heavy atom. The molecule has 0 amide bonds. The predicted octanol–water partition coefficient (Wildman–Crippen LogP) is 2.45. The number of ether oxygens (including phenoxy) is 1. The average molecular weight is 304 g/mol. The van der Waals surface area contributed by atoms with Gasteiger partial charge in [0.1, 0.15) is 0 Å². The molecule has 1 N–H and O–H groups in total. The Morgan fingerprint density at radius 2 is 2.00 bits per heavy atom. The molecule has 5 fully saturated rings. The zero-order valence-electron chi connectivity index (χ0n) is 13.0. The first-order valence-corrected chi connectivity index (χ1v) is 8.74. The number of hydrogen-bond acceptors (Lipinski definition) is 5. The van der Waals surface area contributed by atoms with Gasteiger partial charge in [0, 0.05) is 18.9 Å². The highest BCUT2D eigenvalue weighted by Crippen LogP contribution is 2.62. The van der Waals surface area contributed by atoms with Crippen molar-refractivity contribution in [2.75, 3.05) is 13.2 Å². The first-order valence-electron chi connectivity index (χ1n) is 8.74. The van der Waals surface area contributed by atoms with Crippen LogP contribution >= 0.6 is 0 Å². The molecule has 3 atom stereocenters. The number of aliphatic hydroxyl groups is 1. The van der Waals surface area contributed by atoms with Crippen molar-refractivity contribution in [2.45, 2.75) is 62.9 Å². The van der Waals surface area contributed by atoms with Crippen molar-refractivity contribution in [3.05, 3.63) is 11.7 Å². The van der Waals surface area contributed by atoms with Crippen LogP contribution in [0.15, 0.2) is 4.52 Å². The summed E-state index contributed by atoms with van der Waals surface area (Å²) in [5.41, 5.74) is -0.207. The monoisotopic (exact) mass is 304 g/mol. The van der Waals surface area contributed by atoms with Crippen LogP contribution in [-0.2, 0) is 11.2 Å². The second-order valence-corrected chi connectivity index (χ2v) is 8.47. The van der Waals surface area contributed by atoms with Crippen molar-refractivity contribution in [3.8, 4) is 0 Å². The van der Waals surface area contributed by atoms with Crippen LogP contribution in [-0.4, -0.2) is 34.1 Å². The zero-order valence-corrected chi connectivity index (χ0v) is 13.0. The Hall–Kier alpha value is -0.940. The fraction of sp³-hybridized carbons (Fsp3) is 0.882. The smallest absolute Gasteiger partial charge is 0.227 e. The Labute approximate surface area is 130 Å². The van der Waals surface area contributed by atoms with E-state index in [4.69, 9.17) is 9.26 Å². The normalized spacial score (nSPS) is 46.5. The van der Waals surface area contributed by atoms with E-state index < -0.39 is 5.60 Å². The molecule has 22 heavy (non-hydrogen) atoms. The molecule has 2 heterocycles. The Balaban J connectivity index is 1.37. The van der Waals surface area contributed by atoms with Crippen LogP contribution in [0.4, 0.5) is 0 Å². The second-order valence-electron chi connectivity index (χ2n) is 8.47. The SMILES string of the molecule is OC12C[C@@H]3C[C@@H](C1)CC(Cc1nc([C@@H]4CCOC4)no1)(C3)C2. The number of aromatic nitrogens is 2. The van der Waals surface area contributed by atoms with Crippen LogP contribution in [0.2, 0.25) is 0 Å². The molecule has 0 aromatic carbocycles. The summed E-state index contributed by atoms with van der Waals surface area (Å²) in [4.78, 5) is 4.65. The summed E-state index contributed by atoms with van der Waals surface area (Å²) in [5, 5.41) is 15.0. The summed E-state index contributed by atoms with van der Waals surface area (Å²) in [6.45, 7) is 1.52. The van der Waals surface area contributed by atoms with Crippen molar-refractivity contribution < 1.29 is 14.4 Å². The van der Waals surface area contributed by atoms with E-state index in [0.29, 0.717) is 24.4 Å². The fourth-order valence-corrected chi connectivity index (χ4v) is 6.17. The molecule has 1 aromatic rings. The van der Waals surface area contributed by atoms with E-state index in [1.807, 2.05) is 0 Å². The van der Waals surface area contributed by atoms with Crippen LogP contribution in [0.5, 0.6) is 0 Å². The van der Waals surface area contributed by atoms with Gasteiger partial charge in [-0.05, 0) is 62.2 Å². The van der Waals surface area contributed by atoms with Gasteiger partial charge in [0.25, 0.3) is 0 Å². The lowest BCUT2D eigenvalue weighted by atomic mass is 9.47. The third kappa shape index (κ3) is 2.13. The van der Waals surface area contributed by atoms with Crippen molar-refractivity contribution in [3.63, 3.8) is 0 Å². The highest BCUT2D eigenvalue weighted by Gasteiger charge is 2.57. The third-order valence-electron chi connectivity index (χ3n) is 6.46. The molecular weight excluding hydrogens is 280 g/mol. The van der Waals surface area contributed by atoms with E-state index in [-0.39, 0.29) is 5.41 Å². The molecule has 1 saturated heterocycles. The highest BCUT2D eigenvalue weighted by molar-refractivity contribution is 5.11. The van der Waals surface area contributed by atoms with E-state index in [1.165, 1.54) is 19.3 Å². The molecule has 5 nitrogen and oxygen atoms in total. The molecule has 5 aliphatic rings. The lowest BCUT2D eigenvalue weighted by Gasteiger charge is -2.60. The van der Waals surface area contributed by atoms with Crippen molar-refractivity contribution in [1.82, 2.24) is 10.1 Å². The molecule has 5 heteroatoms. The largest absolute Gasteiger partial charge is 0.390 e. The molecular formula is C17H24N2O3. The van der Waals surface area contributed by atoms with Crippen LogP contribution in [0.1, 0.15) is 62.6 Å². The van der Waals surface area contributed by atoms with Crippen LogP contribution in [0, 0.1) is 17.3 Å². The van der Waals surface area contributed by atoms with Crippen molar-refractivity contribution in [1.29, 1.82) is 0 Å². The second kappa shape index (κ2) is 4.54. The van der Waals surface area contributed by atoms with Gasteiger partial charge in [0.05, 0.1) is 12.2 Å². The number of rotatable bonds is 3. The lowest BCUT2D eigenvalue weighted by molar-refractivity contribution is -0.164. The van der Waals surface area contributed by atoms with Crippen molar-refractivity contribution >= 4 is 0 Å². The number of hydrogen-bond donors (Lipinski definition) is 1. The van der Waals surface area contributed by atoms with E-state index in [0.717, 1.165) is 50.4 Å². The summed E-state index contributed by atoms with van der Waals surface area (Å²) < 4.78 is 11.0. The Kier molecular flexibility index (Phi) is 2.79. The van der Waals surface area contributed by atoms with Gasteiger partial charge in [0.2, 0.25) is 5.89 Å². The van der Waals surface area contributed by atoms with Gasteiger partial charge in [-0.2, -0.15) is 4.98 Å². The fourth-order valence-electron chi connectivity index (χ4n) is 6.17. The zero-order chi connectivity index (χ0) is 14.8. The summed E-state index contributed by atoms with van der Waals surface area (Å²) in [7, 11) is 0. The maximum absolute atomic E-state index is 10.8. The predicted molar refractivity (Wildman–Crippen MR) is 78.2 cm³/mol. The topological polar surface area (TPSA) is 68.4 Å². The van der Waals surface area contributed by atoms with Gasteiger partial charge in [-0.1, -0.05) is 5.16 Å². The van der Waals surface area contributed by atoms with Gasteiger partial charge in [0.15, 0.2) is 5.82 Å². The molecule has 0 unspecified atom stereocenters. The van der Waals surface area contributed by atoms with Gasteiger partial charge in [-0.3, -0.25) is 0 Å². The summed E-state index contributed by atoms with van der Waals surface area (Å²) >= 11 is 0. The highest BCUT2D eigenvalue weighted by atomic mass is 16.5. The van der Waals surface area contributed by atoms with Gasteiger partial charge in [-0.15, -0.1) is 0 Å². The average Bonchev–Trinajstić information content (AvgIpc) is 3.05. The molecule has 1 aliphatic heterocycles. The number of nitrogens with zero attached hydrogens (tertiary/aromatic N) is 2. The molecule has 6 rings (SSSR count). The molecule has 0 radical (unpaired) electrons. The molecule has 1 aromatic heterocycles. The van der Waals surface area contributed by atoms with Crippen LogP contribution < -0.4 is 0 Å². The third-order valence-corrected chi connectivity index (χ3v) is 6.46. The van der Waals surface area contributed by atoms with Gasteiger partial charge >= 0.3 is 0 Å². The molecule has 4 bridgehead atoms. The maximum atomic E-state index is 10.8. The van der Waals surface area contributed by atoms with Crippen LogP contribution in [0.25, 0.3) is 0 Å². The molecule has 4 aliphatic carbocycles. The Morgan fingerprint density at radius 1 is 1.18 bits per heavy atom. The van der Waals surface area contributed by atoms with Gasteiger partial charge < -0.3 is 14.4 Å². The molecule has 120 valence electrons.